The number of guanidine groups is 1. The fraction of sp³-hybridized carbons (Fsp3) is 0.556. The highest BCUT2D eigenvalue weighted by Gasteiger charge is 2.19. The van der Waals surface area contributed by atoms with Crippen LogP contribution in [0, 0.1) is 0 Å². The number of hydrogen-bond acceptors (Lipinski definition) is 3. The van der Waals surface area contributed by atoms with Gasteiger partial charge in [0.1, 0.15) is 0 Å². The van der Waals surface area contributed by atoms with E-state index in [0.29, 0.717) is 19.5 Å². The molecule has 0 radical (unpaired) electrons. The fourth-order valence-electron chi connectivity index (χ4n) is 2.76. The highest BCUT2D eigenvalue weighted by atomic mass is 16.5. The van der Waals surface area contributed by atoms with Crippen LogP contribution < -0.4 is 10.6 Å². The molecule has 1 saturated heterocycles. The van der Waals surface area contributed by atoms with Gasteiger partial charge in [-0.3, -0.25) is 9.79 Å². The zero-order valence-corrected chi connectivity index (χ0v) is 14.7. The summed E-state index contributed by atoms with van der Waals surface area (Å²) in [6.45, 7) is 3.84. The maximum Gasteiger partial charge on any atom is 0.222 e. The molecule has 1 aromatic carbocycles. The Morgan fingerprint density at radius 3 is 2.88 bits per heavy atom. The van der Waals surface area contributed by atoms with Crippen LogP contribution in [0.2, 0.25) is 0 Å². The normalized spacial score (nSPS) is 15.0. The SMILES string of the molecule is CN=C(NCCCOC)NCc1cccc(CN2CCCC2=O)c1. The molecule has 0 bridgehead atoms. The van der Waals surface area contributed by atoms with Gasteiger partial charge in [0.15, 0.2) is 5.96 Å². The number of methoxy groups -OCH3 is 1. The minimum Gasteiger partial charge on any atom is -0.385 e. The number of hydrogen-bond donors (Lipinski definition) is 2. The number of ether oxygens (including phenoxy) is 1. The van der Waals surface area contributed by atoms with Gasteiger partial charge in [0.05, 0.1) is 0 Å². The minimum absolute atomic E-state index is 0.263. The predicted octanol–water partition coefficient (Wildman–Crippen LogP) is 1.51. The van der Waals surface area contributed by atoms with Crippen molar-refractivity contribution >= 4 is 11.9 Å². The average Bonchev–Trinajstić information content (AvgIpc) is 2.99. The highest BCUT2D eigenvalue weighted by molar-refractivity contribution is 5.79. The standard InChI is InChI=1S/C18H28N4O2/c1-19-18(20-9-5-11-24-2)21-13-15-6-3-7-16(12-15)14-22-10-4-8-17(22)23/h3,6-7,12H,4-5,8-11,13-14H2,1-2H3,(H2,19,20,21). The molecule has 1 aliphatic rings. The van der Waals surface area contributed by atoms with Gasteiger partial charge in [0.25, 0.3) is 0 Å². The summed E-state index contributed by atoms with van der Waals surface area (Å²) in [5.74, 6) is 1.05. The Hall–Kier alpha value is -2.08. The lowest BCUT2D eigenvalue weighted by atomic mass is 10.1. The summed E-state index contributed by atoms with van der Waals surface area (Å²) in [5.41, 5.74) is 2.35. The van der Waals surface area contributed by atoms with Crippen LogP contribution in [0.25, 0.3) is 0 Å². The monoisotopic (exact) mass is 332 g/mol. The van der Waals surface area contributed by atoms with Crippen LogP contribution in [0.1, 0.15) is 30.4 Å². The van der Waals surface area contributed by atoms with Crippen LogP contribution >= 0.6 is 0 Å². The van der Waals surface area contributed by atoms with E-state index in [-0.39, 0.29) is 5.91 Å². The summed E-state index contributed by atoms with van der Waals surface area (Å²) in [7, 11) is 3.47. The Bertz CT molecular complexity index is 560. The molecule has 1 fully saturated rings. The molecule has 0 spiro atoms. The second-order valence-electron chi connectivity index (χ2n) is 5.94. The third-order valence-corrected chi connectivity index (χ3v) is 4.04. The molecule has 132 valence electrons. The number of likely N-dealkylation sites (tertiary alicyclic amines) is 1. The van der Waals surface area contributed by atoms with Crippen LogP contribution in [0.4, 0.5) is 0 Å². The molecule has 6 heteroatoms. The first-order valence-electron chi connectivity index (χ1n) is 8.52. The molecule has 1 amide bonds. The molecule has 0 aliphatic carbocycles. The second-order valence-corrected chi connectivity index (χ2v) is 5.94. The molecule has 0 atom stereocenters. The summed E-state index contributed by atoms with van der Waals surface area (Å²) >= 11 is 0. The van der Waals surface area contributed by atoms with Gasteiger partial charge in [-0.05, 0) is 24.0 Å². The van der Waals surface area contributed by atoms with Crippen molar-refractivity contribution < 1.29 is 9.53 Å². The molecule has 2 rings (SSSR count). The topological polar surface area (TPSA) is 66.0 Å². The third kappa shape index (κ3) is 5.85. The number of benzene rings is 1. The van der Waals surface area contributed by atoms with Gasteiger partial charge >= 0.3 is 0 Å². The van der Waals surface area contributed by atoms with E-state index in [9.17, 15) is 4.79 Å². The van der Waals surface area contributed by atoms with Gasteiger partial charge in [-0.25, -0.2) is 0 Å². The molecule has 1 heterocycles. The van der Waals surface area contributed by atoms with E-state index in [0.717, 1.165) is 38.5 Å². The number of amides is 1. The van der Waals surface area contributed by atoms with Crippen LogP contribution in [-0.2, 0) is 22.6 Å². The molecule has 1 aromatic rings. The highest BCUT2D eigenvalue weighted by Crippen LogP contribution is 2.15. The van der Waals surface area contributed by atoms with Crippen molar-refractivity contribution in [2.24, 2.45) is 4.99 Å². The molecule has 0 unspecified atom stereocenters. The van der Waals surface area contributed by atoms with E-state index < -0.39 is 0 Å². The summed E-state index contributed by atoms with van der Waals surface area (Å²) in [6, 6.07) is 8.35. The van der Waals surface area contributed by atoms with Crippen LogP contribution in [0.5, 0.6) is 0 Å². The number of aliphatic imine (C=N–C) groups is 1. The molecule has 1 aliphatic heterocycles. The molecule has 6 nitrogen and oxygen atoms in total. The Kier molecular flexibility index (Phi) is 7.55. The van der Waals surface area contributed by atoms with Crippen molar-refractivity contribution in [1.29, 1.82) is 0 Å². The van der Waals surface area contributed by atoms with Crippen molar-refractivity contribution in [3.05, 3.63) is 35.4 Å². The molecular formula is C18H28N4O2. The average molecular weight is 332 g/mol. The van der Waals surface area contributed by atoms with Gasteiger partial charge in [0, 0.05) is 53.4 Å². The van der Waals surface area contributed by atoms with Crippen molar-refractivity contribution in [3.63, 3.8) is 0 Å². The van der Waals surface area contributed by atoms with Gasteiger partial charge in [0.2, 0.25) is 5.91 Å². The quantitative estimate of drug-likeness (QED) is 0.430. The van der Waals surface area contributed by atoms with E-state index in [1.165, 1.54) is 11.1 Å². The second kappa shape index (κ2) is 9.93. The fourth-order valence-corrected chi connectivity index (χ4v) is 2.76. The van der Waals surface area contributed by atoms with E-state index in [1.807, 2.05) is 11.0 Å². The maximum atomic E-state index is 11.7. The first-order chi connectivity index (χ1) is 11.7. The lowest BCUT2D eigenvalue weighted by molar-refractivity contribution is -0.128. The molecule has 24 heavy (non-hydrogen) atoms. The van der Waals surface area contributed by atoms with Crippen molar-refractivity contribution in [3.8, 4) is 0 Å². The summed E-state index contributed by atoms with van der Waals surface area (Å²) < 4.78 is 5.03. The van der Waals surface area contributed by atoms with Crippen molar-refractivity contribution in [1.82, 2.24) is 15.5 Å². The number of carbonyl (C=O) groups is 1. The number of rotatable bonds is 8. The summed E-state index contributed by atoms with van der Waals surface area (Å²) in [5, 5.41) is 6.57. The molecular weight excluding hydrogens is 304 g/mol. The molecule has 0 saturated carbocycles. The number of nitrogens with zero attached hydrogens (tertiary/aromatic N) is 2. The largest absolute Gasteiger partial charge is 0.385 e. The predicted molar refractivity (Wildman–Crippen MR) is 95.8 cm³/mol. The maximum absolute atomic E-state index is 11.7. The van der Waals surface area contributed by atoms with Crippen LogP contribution in [-0.4, -0.2) is 50.6 Å². The third-order valence-electron chi connectivity index (χ3n) is 4.04. The summed E-state index contributed by atoms with van der Waals surface area (Å²) in [4.78, 5) is 17.9. The van der Waals surface area contributed by atoms with E-state index in [4.69, 9.17) is 4.74 Å². The molecule has 0 aromatic heterocycles. The lowest BCUT2D eigenvalue weighted by Gasteiger charge is -2.16. The molecule has 2 N–H and O–H groups in total. The first-order valence-corrected chi connectivity index (χ1v) is 8.52. The van der Waals surface area contributed by atoms with Crippen LogP contribution in [0.3, 0.4) is 0 Å². The zero-order chi connectivity index (χ0) is 17.2. The van der Waals surface area contributed by atoms with E-state index >= 15 is 0 Å². The Morgan fingerprint density at radius 2 is 2.17 bits per heavy atom. The number of carbonyl (C=O) groups excluding carboxylic acids is 1. The van der Waals surface area contributed by atoms with Gasteiger partial charge in [-0.15, -0.1) is 0 Å². The Labute approximate surface area is 144 Å². The summed E-state index contributed by atoms with van der Waals surface area (Å²) in [6.07, 6.45) is 2.61. The van der Waals surface area contributed by atoms with Crippen molar-refractivity contribution in [2.75, 3.05) is 33.9 Å². The van der Waals surface area contributed by atoms with Gasteiger partial charge < -0.3 is 20.3 Å². The van der Waals surface area contributed by atoms with E-state index in [2.05, 4.69) is 33.8 Å². The zero-order valence-electron chi connectivity index (χ0n) is 14.7. The van der Waals surface area contributed by atoms with Gasteiger partial charge in [-0.1, -0.05) is 24.3 Å². The number of nitrogens with one attached hydrogen (secondary N) is 2. The Balaban J connectivity index is 1.81. The van der Waals surface area contributed by atoms with E-state index in [1.54, 1.807) is 14.2 Å². The van der Waals surface area contributed by atoms with Crippen LogP contribution in [0.15, 0.2) is 29.3 Å². The van der Waals surface area contributed by atoms with Crippen molar-refractivity contribution in [2.45, 2.75) is 32.4 Å². The lowest BCUT2D eigenvalue weighted by Crippen LogP contribution is -2.37. The Morgan fingerprint density at radius 1 is 1.33 bits per heavy atom. The van der Waals surface area contributed by atoms with Gasteiger partial charge in [-0.2, -0.15) is 0 Å². The smallest absolute Gasteiger partial charge is 0.222 e. The first kappa shape index (κ1) is 18.3. The minimum atomic E-state index is 0.263.